The molecule has 0 spiro atoms. The van der Waals surface area contributed by atoms with Crippen molar-refractivity contribution >= 4 is 44.9 Å². The van der Waals surface area contributed by atoms with Gasteiger partial charge in [0, 0.05) is 34.1 Å². The summed E-state index contributed by atoms with van der Waals surface area (Å²) in [6, 6.07) is 45.2. The SMILES string of the molecule is Cc1ccc(N(c2ccc(C(C)C)cc2)c2cc(C)c3cc(N(c4ccc(C)cc4)c4ccc(C(C)C)cc4)cc(C)c3c2)cc1. The number of hydrogen-bond acceptors (Lipinski definition) is 2. The molecule has 0 aliphatic rings. The van der Waals surface area contributed by atoms with Gasteiger partial charge in [-0.1, -0.05) is 87.4 Å². The molecule has 0 heterocycles. The lowest BCUT2D eigenvalue weighted by molar-refractivity contribution is 0.866. The largest absolute Gasteiger partial charge is 0.310 e. The maximum Gasteiger partial charge on any atom is 0.0470 e. The van der Waals surface area contributed by atoms with Gasteiger partial charge in [-0.3, -0.25) is 0 Å². The predicted molar refractivity (Wildman–Crippen MR) is 200 cm³/mol. The molecule has 6 rings (SSSR count). The van der Waals surface area contributed by atoms with Crippen LogP contribution in [-0.2, 0) is 0 Å². The van der Waals surface area contributed by atoms with Crippen LogP contribution in [0, 0.1) is 27.7 Å². The summed E-state index contributed by atoms with van der Waals surface area (Å²) in [6.07, 6.45) is 0. The third-order valence-corrected chi connectivity index (χ3v) is 9.19. The smallest absolute Gasteiger partial charge is 0.0470 e. The minimum atomic E-state index is 0.495. The standard InChI is InChI=1S/C44H46N2/c1-29(2)35-13-21-39(22-14-35)45(37-17-9-31(5)10-18-37)41-25-33(7)44-28-42(26-34(8)43(44)27-41)46(38-19-11-32(6)12-20-38)40-23-15-36(16-24-40)30(3)4/h9-30H,1-8H3. The highest BCUT2D eigenvalue weighted by Crippen LogP contribution is 2.42. The van der Waals surface area contributed by atoms with Crippen molar-refractivity contribution < 1.29 is 0 Å². The molecule has 0 fully saturated rings. The van der Waals surface area contributed by atoms with Crippen LogP contribution >= 0.6 is 0 Å². The molecule has 2 nitrogen and oxygen atoms in total. The van der Waals surface area contributed by atoms with E-state index in [0.717, 1.165) is 22.7 Å². The monoisotopic (exact) mass is 602 g/mol. The molecule has 0 aliphatic heterocycles. The zero-order valence-electron chi connectivity index (χ0n) is 28.6. The third kappa shape index (κ3) is 6.30. The molecule has 232 valence electrons. The van der Waals surface area contributed by atoms with E-state index in [1.54, 1.807) is 0 Å². The van der Waals surface area contributed by atoms with Gasteiger partial charge in [0.15, 0.2) is 0 Å². The van der Waals surface area contributed by atoms with Crippen molar-refractivity contribution in [2.75, 3.05) is 9.80 Å². The van der Waals surface area contributed by atoms with Crippen LogP contribution in [0.2, 0.25) is 0 Å². The first kappa shape index (κ1) is 31.2. The van der Waals surface area contributed by atoms with Crippen LogP contribution in [0.5, 0.6) is 0 Å². The molecule has 0 atom stereocenters. The van der Waals surface area contributed by atoms with Crippen LogP contribution in [0.3, 0.4) is 0 Å². The van der Waals surface area contributed by atoms with Gasteiger partial charge in [-0.2, -0.15) is 0 Å². The second kappa shape index (κ2) is 12.9. The van der Waals surface area contributed by atoms with Gasteiger partial charge in [0.25, 0.3) is 0 Å². The first-order chi connectivity index (χ1) is 22.1. The quantitative estimate of drug-likeness (QED) is 0.171. The van der Waals surface area contributed by atoms with Gasteiger partial charge in [-0.05, 0) is 145 Å². The molecule has 0 saturated heterocycles. The van der Waals surface area contributed by atoms with E-state index in [4.69, 9.17) is 0 Å². The molecule has 0 amide bonds. The number of benzene rings is 6. The van der Waals surface area contributed by atoms with Crippen molar-refractivity contribution in [1.82, 2.24) is 0 Å². The first-order valence-electron chi connectivity index (χ1n) is 16.6. The topological polar surface area (TPSA) is 6.48 Å². The fourth-order valence-corrected chi connectivity index (χ4v) is 6.34. The molecule has 6 aromatic carbocycles. The van der Waals surface area contributed by atoms with Gasteiger partial charge >= 0.3 is 0 Å². The van der Waals surface area contributed by atoms with Gasteiger partial charge in [-0.15, -0.1) is 0 Å². The van der Waals surface area contributed by atoms with E-state index >= 15 is 0 Å². The second-order valence-electron chi connectivity index (χ2n) is 13.5. The fraction of sp³-hybridized carbons (Fsp3) is 0.227. The van der Waals surface area contributed by atoms with E-state index in [1.807, 2.05) is 0 Å². The zero-order chi connectivity index (χ0) is 32.5. The summed E-state index contributed by atoms with van der Waals surface area (Å²) >= 11 is 0. The van der Waals surface area contributed by atoms with E-state index in [1.165, 1.54) is 55.5 Å². The highest BCUT2D eigenvalue weighted by molar-refractivity contribution is 5.97. The number of anilines is 6. The van der Waals surface area contributed by atoms with E-state index in [9.17, 15) is 0 Å². The maximum absolute atomic E-state index is 2.39. The Balaban J connectivity index is 1.49. The molecule has 0 aliphatic carbocycles. The Hall–Kier alpha value is -4.82. The molecule has 2 heteroatoms. The zero-order valence-corrected chi connectivity index (χ0v) is 28.6. The summed E-state index contributed by atoms with van der Waals surface area (Å²) in [5, 5.41) is 2.54. The summed E-state index contributed by atoms with van der Waals surface area (Å²) in [6.45, 7) is 17.8. The van der Waals surface area contributed by atoms with Crippen LogP contribution in [0.15, 0.2) is 121 Å². The lowest BCUT2D eigenvalue weighted by atomic mass is 9.97. The molecule has 0 unspecified atom stereocenters. The summed E-state index contributed by atoms with van der Waals surface area (Å²) in [5.41, 5.74) is 14.7. The van der Waals surface area contributed by atoms with Gasteiger partial charge < -0.3 is 9.80 Å². The average Bonchev–Trinajstić information content (AvgIpc) is 3.04. The molecule has 0 bridgehead atoms. The van der Waals surface area contributed by atoms with Gasteiger partial charge in [0.05, 0.1) is 0 Å². The minimum Gasteiger partial charge on any atom is -0.310 e. The van der Waals surface area contributed by atoms with Crippen LogP contribution in [-0.4, -0.2) is 0 Å². The Labute approximate surface area is 276 Å². The van der Waals surface area contributed by atoms with Crippen molar-refractivity contribution in [3.8, 4) is 0 Å². The summed E-state index contributed by atoms with van der Waals surface area (Å²) < 4.78 is 0. The van der Waals surface area contributed by atoms with E-state index in [0.29, 0.717) is 11.8 Å². The van der Waals surface area contributed by atoms with Gasteiger partial charge in [-0.25, -0.2) is 0 Å². The fourth-order valence-electron chi connectivity index (χ4n) is 6.34. The van der Waals surface area contributed by atoms with E-state index in [-0.39, 0.29) is 0 Å². The van der Waals surface area contributed by atoms with Crippen molar-refractivity contribution in [2.24, 2.45) is 0 Å². The highest BCUT2D eigenvalue weighted by atomic mass is 15.1. The Morgan fingerprint density at radius 1 is 0.348 bits per heavy atom. The number of nitrogens with zero attached hydrogens (tertiary/aromatic N) is 2. The van der Waals surface area contributed by atoms with Gasteiger partial charge in [0.1, 0.15) is 0 Å². The molecule has 6 aromatic rings. The third-order valence-electron chi connectivity index (χ3n) is 9.19. The van der Waals surface area contributed by atoms with E-state index in [2.05, 4.69) is 187 Å². The second-order valence-corrected chi connectivity index (χ2v) is 13.5. The Kier molecular flexibility index (Phi) is 8.73. The van der Waals surface area contributed by atoms with Crippen molar-refractivity contribution in [3.63, 3.8) is 0 Å². The summed E-state index contributed by atoms with van der Waals surface area (Å²) in [5.74, 6) is 0.989. The molecule has 46 heavy (non-hydrogen) atoms. The first-order valence-corrected chi connectivity index (χ1v) is 16.6. The molecule has 0 radical (unpaired) electrons. The lowest BCUT2D eigenvalue weighted by Gasteiger charge is -2.29. The minimum absolute atomic E-state index is 0.495. The summed E-state index contributed by atoms with van der Waals surface area (Å²) in [7, 11) is 0. The van der Waals surface area contributed by atoms with Crippen molar-refractivity contribution in [1.29, 1.82) is 0 Å². The lowest BCUT2D eigenvalue weighted by Crippen LogP contribution is -2.12. The summed E-state index contributed by atoms with van der Waals surface area (Å²) in [4.78, 5) is 4.77. The van der Waals surface area contributed by atoms with Gasteiger partial charge in [0.2, 0.25) is 0 Å². The van der Waals surface area contributed by atoms with Crippen LogP contribution in [0.25, 0.3) is 10.8 Å². The molecule has 0 aromatic heterocycles. The molecule has 0 saturated carbocycles. The number of aryl methyl sites for hydroxylation is 4. The Bertz CT molecular complexity index is 1800. The molecular weight excluding hydrogens is 556 g/mol. The van der Waals surface area contributed by atoms with Crippen LogP contribution < -0.4 is 9.80 Å². The number of hydrogen-bond donors (Lipinski definition) is 0. The number of fused-ring (bicyclic) bond motifs is 1. The molecule has 0 N–H and O–H groups in total. The van der Waals surface area contributed by atoms with E-state index < -0.39 is 0 Å². The van der Waals surface area contributed by atoms with Crippen LogP contribution in [0.4, 0.5) is 34.1 Å². The Morgan fingerprint density at radius 2 is 0.630 bits per heavy atom. The van der Waals surface area contributed by atoms with Crippen molar-refractivity contribution in [2.45, 2.75) is 67.2 Å². The average molecular weight is 603 g/mol. The molecular formula is C44H46N2. The predicted octanol–water partition coefficient (Wildman–Crippen LogP) is 13.3. The Morgan fingerprint density at radius 3 is 0.913 bits per heavy atom. The number of rotatable bonds is 8. The van der Waals surface area contributed by atoms with Crippen LogP contribution in [0.1, 0.15) is 72.9 Å². The maximum atomic E-state index is 2.39. The normalized spacial score (nSPS) is 11.4. The highest BCUT2D eigenvalue weighted by Gasteiger charge is 2.19. The van der Waals surface area contributed by atoms with Crippen molar-refractivity contribution in [3.05, 3.63) is 155 Å².